The summed E-state index contributed by atoms with van der Waals surface area (Å²) in [7, 11) is -3.97. The molecule has 0 unspecified atom stereocenters. The molecule has 0 aliphatic heterocycles. The highest BCUT2D eigenvalue weighted by atomic mass is 35.5. The number of aromatic nitrogens is 1. The molecule has 0 radical (unpaired) electrons. The third-order valence-electron chi connectivity index (χ3n) is 3.81. The number of H-pyrrole nitrogens is 1. The van der Waals surface area contributed by atoms with Crippen molar-refractivity contribution in [1.82, 2.24) is 9.71 Å². The van der Waals surface area contributed by atoms with Gasteiger partial charge in [0, 0.05) is 28.0 Å². The van der Waals surface area contributed by atoms with Gasteiger partial charge in [0.25, 0.3) is 5.56 Å². The number of hydrogen-bond acceptors (Lipinski definition) is 3. The first kappa shape index (κ1) is 17.7. The van der Waals surface area contributed by atoms with E-state index >= 15 is 0 Å². The lowest BCUT2D eigenvalue weighted by Crippen LogP contribution is -2.30. The van der Waals surface area contributed by atoms with E-state index in [0.717, 1.165) is 0 Å². The second kappa shape index (κ2) is 7.00. The van der Waals surface area contributed by atoms with Crippen molar-refractivity contribution in [3.8, 4) is 11.1 Å². The number of halogens is 1. The van der Waals surface area contributed by atoms with E-state index < -0.39 is 15.6 Å². The summed E-state index contributed by atoms with van der Waals surface area (Å²) in [6, 6.07) is 13.9. The molecule has 5 nitrogen and oxygen atoms in total. The van der Waals surface area contributed by atoms with Crippen LogP contribution >= 0.6 is 11.6 Å². The zero-order chi connectivity index (χ0) is 18.0. The van der Waals surface area contributed by atoms with Gasteiger partial charge in [0.2, 0.25) is 10.0 Å². The van der Waals surface area contributed by atoms with Crippen LogP contribution in [0.4, 0.5) is 0 Å². The van der Waals surface area contributed by atoms with Crippen LogP contribution in [0.5, 0.6) is 0 Å². The predicted octanol–water partition coefficient (Wildman–Crippen LogP) is 3.54. The Hall–Kier alpha value is -2.15. The van der Waals surface area contributed by atoms with Gasteiger partial charge in [-0.3, -0.25) is 4.79 Å². The van der Waals surface area contributed by atoms with Gasteiger partial charge in [-0.15, -0.1) is 0 Å². The van der Waals surface area contributed by atoms with Crippen molar-refractivity contribution < 1.29 is 8.42 Å². The fourth-order valence-corrected chi connectivity index (χ4v) is 4.28. The van der Waals surface area contributed by atoms with Crippen LogP contribution in [0.25, 0.3) is 22.0 Å². The van der Waals surface area contributed by atoms with Gasteiger partial charge in [-0.05, 0) is 30.2 Å². The van der Waals surface area contributed by atoms with E-state index in [1.54, 1.807) is 42.5 Å². The molecule has 1 aromatic heterocycles. The third-order valence-corrected chi connectivity index (χ3v) is 5.55. The van der Waals surface area contributed by atoms with Crippen molar-refractivity contribution >= 4 is 32.5 Å². The third kappa shape index (κ3) is 3.46. The van der Waals surface area contributed by atoms with Gasteiger partial charge in [0.05, 0.1) is 0 Å². The molecule has 3 rings (SSSR count). The van der Waals surface area contributed by atoms with Crippen molar-refractivity contribution in [2.45, 2.75) is 18.2 Å². The largest absolute Gasteiger partial charge is 0.321 e. The molecule has 0 spiro atoms. The van der Waals surface area contributed by atoms with E-state index in [0.29, 0.717) is 33.5 Å². The molecule has 3 aromatic rings. The molecular weight excluding hydrogens is 360 g/mol. The lowest BCUT2D eigenvalue weighted by atomic mass is 10.0. The summed E-state index contributed by atoms with van der Waals surface area (Å²) < 4.78 is 28.0. The Kier molecular flexibility index (Phi) is 4.94. The molecule has 1 heterocycles. The second-order valence-electron chi connectivity index (χ2n) is 5.61. The molecule has 0 aliphatic rings. The van der Waals surface area contributed by atoms with Gasteiger partial charge in [-0.25, -0.2) is 13.1 Å². The first-order valence-electron chi connectivity index (χ1n) is 7.84. The van der Waals surface area contributed by atoms with Gasteiger partial charge in [0.1, 0.15) is 0 Å². The number of fused-ring (bicyclic) bond motifs is 1. The Bertz CT molecular complexity index is 1080. The Morgan fingerprint density at radius 2 is 1.84 bits per heavy atom. The molecule has 0 fully saturated rings. The quantitative estimate of drug-likeness (QED) is 0.714. The molecule has 2 aromatic carbocycles. The zero-order valence-corrected chi connectivity index (χ0v) is 15.1. The average Bonchev–Trinajstić information content (AvgIpc) is 2.60. The summed E-state index contributed by atoms with van der Waals surface area (Å²) >= 11 is 6.11. The summed E-state index contributed by atoms with van der Waals surface area (Å²) in [5.74, 6) is 0. The summed E-state index contributed by atoms with van der Waals surface area (Å²) in [5, 5.41) is 1.04. The highest BCUT2D eigenvalue weighted by Gasteiger charge is 2.25. The molecule has 7 heteroatoms. The Balaban J connectivity index is 2.44. The Morgan fingerprint density at radius 3 is 2.52 bits per heavy atom. The van der Waals surface area contributed by atoms with Crippen LogP contribution in [0.15, 0.2) is 58.2 Å². The monoisotopic (exact) mass is 376 g/mol. The summed E-state index contributed by atoms with van der Waals surface area (Å²) in [4.78, 5) is 15.0. The SMILES string of the molecule is CCCNS(=O)(=O)c1c(-c2ccccc2)c2cc(Cl)ccc2[nH]c1=O. The van der Waals surface area contributed by atoms with E-state index in [2.05, 4.69) is 9.71 Å². The first-order valence-corrected chi connectivity index (χ1v) is 9.71. The Morgan fingerprint density at radius 1 is 1.12 bits per heavy atom. The van der Waals surface area contributed by atoms with Crippen molar-refractivity contribution in [1.29, 1.82) is 0 Å². The molecule has 0 saturated heterocycles. The van der Waals surface area contributed by atoms with Crippen molar-refractivity contribution in [2.24, 2.45) is 0 Å². The smallest absolute Gasteiger partial charge is 0.269 e. The number of aromatic amines is 1. The molecule has 0 aliphatic carbocycles. The molecule has 25 heavy (non-hydrogen) atoms. The van der Waals surface area contributed by atoms with Crippen LogP contribution in [0.1, 0.15) is 13.3 Å². The fraction of sp³-hybridized carbons (Fsp3) is 0.167. The standard InChI is InChI=1S/C18H17ClN2O3S/c1-2-10-20-25(23,24)17-16(12-6-4-3-5-7-12)14-11-13(19)8-9-15(14)21-18(17)22/h3-9,11,20H,2,10H2,1H3,(H,21,22). The maximum atomic E-state index is 12.8. The van der Waals surface area contributed by atoms with Crippen molar-refractivity contribution in [3.05, 3.63) is 63.9 Å². The minimum atomic E-state index is -3.97. The number of nitrogens with one attached hydrogen (secondary N) is 2. The highest BCUT2D eigenvalue weighted by Crippen LogP contribution is 2.33. The van der Waals surface area contributed by atoms with E-state index in [4.69, 9.17) is 11.6 Å². The van der Waals surface area contributed by atoms with Gasteiger partial charge < -0.3 is 4.98 Å². The van der Waals surface area contributed by atoms with Crippen LogP contribution < -0.4 is 10.3 Å². The van der Waals surface area contributed by atoms with Crippen LogP contribution in [0.3, 0.4) is 0 Å². The first-order chi connectivity index (χ1) is 11.9. The number of benzene rings is 2. The normalized spacial score (nSPS) is 11.8. The average molecular weight is 377 g/mol. The maximum absolute atomic E-state index is 12.8. The van der Waals surface area contributed by atoms with Crippen LogP contribution in [0, 0.1) is 0 Å². The molecule has 0 atom stereocenters. The lowest BCUT2D eigenvalue weighted by Gasteiger charge is -2.14. The molecule has 2 N–H and O–H groups in total. The van der Waals surface area contributed by atoms with Gasteiger partial charge >= 0.3 is 0 Å². The van der Waals surface area contributed by atoms with E-state index in [-0.39, 0.29) is 11.4 Å². The van der Waals surface area contributed by atoms with Crippen LogP contribution in [-0.2, 0) is 10.0 Å². The zero-order valence-electron chi connectivity index (χ0n) is 13.5. The number of hydrogen-bond donors (Lipinski definition) is 2. The van der Waals surface area contributed by atoms with E-state index in [1.807, 2.05) is 13.0 Å². The van der Waals surface area contributed by atoms with E-state index in [9.17, 15) is 13.2 Å². The van der Waals surface area contributed by atoms with Gasteiger partial charge in [0.15, 0.2) is 4.90 Å². The second-order valence-corrected chi connectivity index (χ2v) is 7.75. The highest BCUT2D eigenvalue weighted by molar-refractivity contribution is 7.89. The molecule has 0 amide bonds. The van der Waals surface area contributed by atoms with Gasteiger partial charge in [-0.1, -0.05) is 48.9 Å². The summed E-state index contributed by atoms with van der Waals surface area (Å²) in [6.45, 7) is 2.11. The van der Waals surface area contributed by atoms with Crippen molar-refractivity contribution in [2.75, 3.05) is 6.54 Å². The Labute approximate surface area is 150 Å². The van der Waals surface area contributed by atoms with Crippen LogP contribution in [0.2, 0.25) is 5.02 Å². The number of sulfonamides is 1. The number of rotatable bonds is 5. The predicted molar refractivity (Wildman–Crippen MR) is 100 cm³/mol. The minimum absolute atomic E-state index is 0.254. The maximum Gasteiger partial charge on any atom is 0.269 e. The summed E-state index contributed by atoms with van der Waals surface area (Å²) in [6.07, 6.45) is 0.622. The fourth-order valence-electron chi connectivity index (χ4n) is 2.70. The van der Waals surface area contributed by atoms with E-state index in [1.165, 1.54) is 0 Å². The van der Waals surface area contributed by atoms with Crippen molar-refractivity contribution in [3.63, 3.8) is 0 Å². The molecular formula is C18H17ClN2O3S. The molecule has 130 valence electrons. The van der Waals surface area contributed by atoms with Crippen LogP contribution in [-0.4, -0.2) is 19.9 Å². The number of pyridine rings is 1. The summed E-state index contributed by atoms with van der Waals surface area (Å²) in [5.41, 5.74) is 0.864. The topological polar surface area (TPSA) is 79.0 Å². The molecule has 0 bridgehead atoms. The lowest BCUT2D eigenvalue weighted by molar-refractivity contribution is 0.580. The minimum Gasteiger partial charge on any atom is -0.321 e. The van der Waals surface area contributed by atoms with Gasteiger partial charge in [-0.2, -0.15) is 0 Å². The molecule has 0 saturated carbocycles.